The molecule has 1 N–H and O–H groups in total. The molecule has 0 unspecified atom stereocenters. The molecular formula is C8H5BrClF3N2O. The summed E-state index contributed by atoms with van der Waals surface area (Å²) < 4.78 is 36.7. The second kappa shape index (κ2) is 5.01. The van der Waals surface area contributed by atoms with Crippen LogP contribution in [0.15, 0.2) is 12.3 Å². The van der Waals surface area contributed by atoms with Crippen LogP contribution in [0.4, 0.5) is 19.0 Å². The quantitative estimate of drug-likeness (QED) is 0.852. The van der Waals surface area contributed by atoms with E-state index in [1.807, 2.05) is 0 Å². The van der Waals surface area contributed by atoms with Crippen molar-refractivity contribution in [3.8, 4) is 0 Å². The molecule has 0 aliphatic heterocycles. The number of halogens is 5. The average Bonchev–Trinajstić information content (AvgIpc) is 2.19. The zero-order valence-corrected chi connectivity index (χ0v) is 9.95. The highest BCUT2D eigenvalue weighted by molar-refractivity contribution is 9.09. The number of amides is 1. The fourth-order valence-electron chi connectivity index (χ4n) is 0.850. The molecular weight excluding hydrogens is 312 g/mol. The van der Waals surface area contributed by atoms with Gasteiger partial charge in [-0.25, -0.2) is 4.98 Å². The SMILES string of the molecule is O=C(CBr)Nc1ncc(C(F)(F)F)cc1Cl. The number of hydrogen-bond donors (Lipinski definition) is 1. The fraction of sp³-hybridized carbons (Fsp3) is 0.250. The van der Waals surface area contributed by atoms with Gasteiger partial charge in [0.15, 0.2) is 5.82 Å². The number of hydrogen-bond acceptors (Lipinski definition) is 2. The van der Waals surface area contributed by atoms with Crippen LogP contribution in [0, 0.1) is 0 Å². The smallest absolute Gasteiger partial charge is 0.309 e. The topological polar surface area (TPSA) is 42.0 Å². The van der Waals surface area contributed by atoms with E-state index in [0.717, 1.165) is 0 Å². The molecule has 1 rings (SSSR count). The second-order valence-electron chi connectivity index (χ2n) is 2.73. The Morgan fingerprint density at radius 2 is 2.19 bits per heavy atom. The molecule has 8 heteroatoms. The van der Waals surface area contributed by atoms with E-state index in [1.165, 1.54) is 0 Å². The third-order valence-corrected chi connectivity index (χ3v) is 2.35. The minimum absolute atomic E-state index is 0.00598. The predicted octanol–water partition coefficient (Wildman–Crippen LogP) is 3.09. The van der Waals surface area contributed by atoms with Crippen LogP contribution in [0.2, 0.25) is 5.02 Å². The fourth-order valence-corrected chi connectivity index (χ4v) is 1.20. The first-order valence-corrected chi connectivity index (χ1v) is 5.43. The van der Waals surface area contributed by atoms with Crippen LogP contribution in [0.3, 0.4) is 0 Å². The number of anilines is 1. The molecule has 0 spiro atoms. The summed E-state index contributed by atoms with van der Waals surface area (Å²) in [4.78, 5) is 14.4. The van der Waals surface area contributed by atoms with Gasteiger partial charge in [0.1, 0.15) is 0 Å². The van der Waals surface area contributed by atoms with Gasteiger partial charge < -0.3 is 5.32 Å². The Hall–Kier alpha value is -0.820. The number of nitrogens with one attached hydrogen (secondary N) is 1. The van der Waals surface area contributed by atoms with Crippen molar-refractivity contribution in [3.05, 3.63) is 22.8 Å². The number of pyridine rings is 1. The maximum atomic E-state index is 12.2. The lowest BCUT2D eigenvalue weighted by atomic mass is 10.3. The monoisotopic (exact) mass is 316 g/mol. The van der Waals surface area contributed by atoms with E-state index in [2.05, 4.69) is 26.2 Å². The van der Waals surface area contributed by atoms with Gasteiger partial charge >= 0.3 is 6.18 Å². The molecule has 1 heterocycles. The largest absolute Gasteiger partial charge is 0.417 e. The van der Waals surface area contributed by atoms with Gasteiger partial charge in [-0.3, -0.25) is 4.79 Å². The molecule has 0 bridgehead atoms. The number of carbonyl (C=O) groups is 1. The maximum Gasteiger partial charge on any atom is 0.417 e. The number of aromatic nitrogens is 1. The third kappa shape index (κ3) is 3.34. The van der Waals surface area contributed by atoms with Crippen molar-refractivity contribution in [2.75, 3.05) is 10.6 Å². The van der Waals surface area contributed by atoms with Crippen LogP contribution in [-0.2, 0) is 11.0 Å². The molecule has 0 saturated carbocycles. The molecule has 0 saturated heterocycles. The summed E-state index contributed by atoms with van der Waals surface area (Å²) in [7, 11) is 0. The summed E-state index contributed by atoms with van der Waals surface area (Å²) in [5.41, 5.74) is -0.964. The highest BCUT2D eigenvalue weighted by Gasteiger charge is 2.31. The molecule has 0 aromatic carbocycles. The first-order valence-electron chi connectivity index (χ1n) is 3.93. The van der Waals surface area contributed by atoms with Crippen LogP contribution in [0.5, 0.6) is 0 Å². The van der Waals surface area contributed by atoms with Gasteiger partial charge in [0.25, 0.3) is 0 Å². The molecule has 0 radical (unpaired) electrons. The van der Waals surface area contributed by atoms with Crippen LogP contribution >= 0.6 is 27.5 Å². The Labute approximate surface area is 102 Å². The Morgan fingerprint density at radius 3 is 2.62 bits per heavy atom. The Balaban J connectivity index is 2.96. The Bertz CT molecular complexity index is 411. The van der Waals surface area contributed by atoms with Crippen molar-refractivity contribution in [1.82, 2.24) is 4.98 Å². The minimum Gasteiger partial charge on any atom is -0.309 e. The normalized spacial score (nSPS) is 11.3. The van der Waals surface area contributed by atoms with Gasteiger partial charge in [-0.15, -0.1) is 0 Å². The average molecular weight is 317 g/mol. The molecule has 1 amide bonds. The van der Waals surface area contributed by atoms with Gasteiger partial charge in [-0.1, -0.05) is 27.5 Å². The zero-order chi connectivity index (χ0) is 12.3. The molecule has 1 aromatic heterocycles. The molecule has 88 valence electrons. The van der Waals surface area contributed by atoms with Gasteiger partial charge in [0.05, 0.1) is 15.9 Å². The Kier molecular flexibility index (Phi) is 4.15. The minimum atomic E-state index is -4.51. The van der Waals surface area contributed by atoms with E-state index >= 15 is 0 Å². The molecule has 1 aromatic rings. The lowest BCUT2D eigenvalue weighted by molar-refractivity contribution is -0.137. The lowest BCUT2D eigenvalue weighted by Crippen LogP contribution is -2.14. The van der Waals surface area contributed by atoms with E-state index in [0.29, 0.717) is 12.3 Å². The van der Waals surface area contributed by atoms with Crippen molar-refractivity contribution in [2.45, 2.75) is 6.18 Å². The predicted molar refractivity (Wildman–Crippen MR) is 56.7 cm³/mol. The van der Waals surface area contributed by atoms with Crippen molar-refractivity contribution >= 4 is 39.3 Å². The first-order chi connectivity index (χ1) is 7.34. The summed E-state index contributed by atoms with van der Waals surface area (Å²) in [6.45, 7) is 0. The molecule has 0 fully saturated rings. The van der Waals surface area contributed by atoms with Crippen LogP contribution in [0.1, 0.15) is 5.56 Å². The summed E-state index contributed by atoms with van der Waals surface area (Å²) in [5.74, 6) is -0.548. The summed E-state index contributed by atoms with van der Waals surface area (Å²) in [6.07, 6.45) is -3.90. The third-order valence-electron chi connectivity index (χ3n) is 1.55. The van der Waals surface area contributed by atoms with Crippen LogP contribution < -0.4 is 5.32 Å². The van der Waals surface area contributed by atoms with Gasteiger partial charge in [0, 0.05) is 6.20 Å². The number of rotatable bonds is 2. The van der Waals surface area contributed by atoms with Crippen LogP contribution in [-0.4, -0.2) is 16.2 Å². The van der Waals surface area contributed by atoms with Crippen molar-refractivity contribution < 1.29 is 18.0 Å². The molecule has 0 aliphatic carbocycles. The van der Waals surface area contributed by atoms with Crippen molar-refractivity contribution in [1.29, 1.82) is 0 Å². The molecule has 0 aliphatic rings. The van der Waals surface area contributed by atoms with Gasteiger partial charge in [-0.05, 0) is 6.07 Å². The molecule has 16 heavy (non-hydrogen) atoms. The number of alkyl halides is 4. The highest BCUT2D eigenvalue weighted by Crippen LogP contribution is 2.32. The van der Waals surface area contributed by atoms with Gasteiger partial charge in [-0.2, -0.15) is 13.2 Å². The van der Waals surface area contributed by atoms with E-state index in [9.17, 15) is 18.0 Å². The summed E-state index contributed by atoms with van der Waals surface area (Å²) in [6, 6.07) is 0.707. The number of carbonyl (C=O) groups excluding carboxylic acids is 1. The summed E-state index contributed by atoms with van der Waals surface area (Å²) in [5, 5.41) is 1.99. The zero-order valence-electron chi connectivity index (χ0n) is 7.61. The maximum absolute atomic E-state index is 12.2. The first kappa shape index (κ1) is 13.2. The number of nitrogens with zero attached hydrogens (tertiary/aromatic N) is 1. The van der Waals surface area contributed by atoms with E-state index in [1.54, 1.807) is 0 Å². The van der Waals surface area contributed by atoms with Crippen molar-refractivity contribution in [3.63, 3.8) is 0 Å². The van der Waals surface area contributed by atoms with Gasteiger partial charge in [0.2, 0.25) is 5.91 Å². The van der Waals surface area contributed by atoms with Crippen molar-refractivity contribution in [2.24, 2.45) is 0 Å². The van der Waals surface area contributed by atoms with Crippen LogP contribution in [0.25, 0.3) is 0 Å². The highest BCUT2D eigenvalue weighted by atomic mass is 79.9. The standard InChI is InChI=1S/C8H5BrClF3N2O/c9-2-6(16)15-7-5(10)1-4(3-14-7)8(11,12)13/h1,3H,2H2,(H,14,15,16). The van der Waals surface area contributed by atoms with E-state index in [4.69, 9.17) is 11.6 Å². The van der Waals surface area contributed by atoms with E-state index < -0.39 is 17.6 Å². The molecule has 3 nitrogen and oxygen atoms in total. The summed E-state index contributed by atoms with van der Waals surface area (Å²) >= 11 is 8.42. The Morgan fingerprint density at radius 1 is 1.56 bits per heavy atom. The molecule has 0 atom stereocenters. The lowest BCUT2D eigenvalue weighted by Gasteiger charge is -2.09. The van der Waals surface area contributed by atoms with E-state index in [-0.39, 0.29) is 16.2 Å². The second-order valence-corrected chi connectivity index (χ2v) is 3.70.